The molecule has 0 saturated heterocycles. The minimum Gasteiger partial charge on any atom is -0.481 e. The largest absolute Gasteiger partial charge is 0.481 e. The highest BCUT2D eigenvalue weighted by Gasteiger charge is 2.21. The van der Waals surface area contributed by atoms with Crippen LogP contribution in [0.2, 0.25) is 0 Å². The highest BCUT2D eigenvalue weighted by Crippen LogP contribution is 2.33. The fourth-order valence-electron chi connectivity index (χ4n) is 2.99. The molecule has 0 amide bonds. The molecule has 106 valence electrons. The molecule has 0 unspecified atom stereocenters. The molecular formula is C14H17N3O3. The summed E-state index contributed by atoms with van der Waals surface area (Å²) in [7, 11) is 0. The molecule has 0 atom stereocenters. The zero-order chi connectivity index (χ0) is 14.3. The Morgan fingerprint density at radius 2 is 2.20 bits per heavy atom. The van der Waals surface area contributed by atoms with Crippen molar-refractivity contribution in [3.8, 4) is 0 Å². The predicted molar refractivity (Wildman–Crippen MR) is 73.1 cm³/mol. The molecule has 6 heteroatoms. The lowest BCUT2D eigenvalue weighted by Crippen LogP contribution is -2.24. The first-order valence-electron chi connectivity index (χ1n) is 6.89. The van der Waals surface area contributed by atoms with Gasteiger partial charge >= 0.3 is 5.97 Å². The molecular weight excluding hydrogens is 258 g/mol. The number of carboxylic acids is 1. The fourth-order valence-corrected chi connectivity index (χ4v) is 2.99. The maximum absolute atomic E-state index is 12.3. The van der Waals surface area contributed by atoms with Crippen molar-refractivity contribution in [2.75, 3.05) is 0 Å². The number of rotatable bonds is 3. The van der Waals surface area contributed by atoms with Gasteiger partial charge in [0.05, 0.1) is 12.0 Å². The second-order valence-corrected chi connectivity index (χ2v) is 5.44. The van der Waals surface area contributed by atoms with Gasteiger partial charge in [-0.1, -0.05) is 12.8 Å². The molecule has 0 spiro atoms. The summed E-state index contributed by atoms with van der Waals surface area (Å²) < 4.78 is 1.37. The van der Waals surface area contributed by atoms with E-state index in [1.165, 1.54) is 17.4 Å². The van der Waals surface area contributed by atoms with E-state index < -0.39 is 5.97 Å². The molecule has 3 rings (SSSR count). The Bertz CT molecular complexity index is 723. The van der Waals surface area contributed by atoms with E-state index >= 15 is 0 Å². The molecule has 6 nitrogen and oxygen atoms in total. The summed E-state index contributed by atoms with van der Waals surface area (Å²) in [6.45, 7) is 1.68. The van der Waals surface area contributed by atoms with Crippen LogP contribution in [0.1, 0.15) is 48.6 Å². The molecule has 2 heterocycles. The minimum atomic E-state index is -1.02. The molecule has 2 aromatic heterocycles. The molecule has 2 aromatic rings. The van der Waals surface area contributed by atoms with Crippen molar-refractivity contribution < 1.29 is 9.90 Å². The van der Waals surface area contributed by atoms with Crippen LogP contribution in [-0.4, -0.2) is 25.7 Å². The van der Waals surface area contributed by atoms with Crippen LogP contribution in [-0.2, 0) is 11.2 Å². The van der Waals surface area contributed by atoms with Gasteiger partial charge in [0.2, 0.25) is 0 Å². The predicted octanol–water partition coefficient (Wildman–Crippen LogP) is 1.62. The molecule has 2 N–H and O–H groups in total. The van der Waals surface area contributed by atoms with Crippen molar-refractivity contribution in [1.29, 1.82) is 0 Å². The van der Waals surface area contributed by atoms with Crippen LogP contribution >= 0.6 is 0 Å². The van der Waals surface area contributed by atoms with Crippen molar-refractivity contribution in [3.63, 3.8) is 0 Å². The smallest absolute Gasteiger partial charge is 0.308 e. The molecule has 1 saturated carbocycles. The van der Waals surface area contributed by atoms with Crippen LogP contribution in [0.4, 0.5) is 0 Å². The van der Waals surface area contributed by atoms with Gasteiger partial charge in [-0.05, 0) is 19.8 Å². The quantitative estimate of drug-likeness (QED) is 0.891. The second kappa shape index (κ2) is 4.77. The first kappa shape index (κ1) is 12.9. The van der Waals surface area contributed by atoms with Crippen LogP contribution in [0.15, 0.2) is 10.9 Å². The van der Waals surface area contributed by atoms with Crippen LogP contribution in [0.25, 0.3) is 5.65 Å². The molecule has 1 fully saturated rings. The molecule has 0 radical (unpaired) electrons. The first-order valence-corrected chi connectivity index (χ1v) is 6.89. The lowest BCUT2D eigenvalue weighted by molar-refractivity contribution is -0.136. The first-order chi connectivity index (χ1) is 9.56. The van der Waals surface area contributed by atoms with Crippen LogP contribution < -0.4 is 5.56 Å². The maximum atomic E-state index is 12.3. The third-order valence-electron chi connectivity index (χ3n) is 4.06. The van der Waals surface area contributed by atoms with Crippen molar-refractivity contribution in [3.05, 3.63) is 33.4 Å². The maximum Gasteiger partial charge on any atom is 0.308 e. The number of hydrogen-bond acceptors (Lipinski definition) is 3. The summed E-state index contributed by atoms with van der Waals surface area (Å²) in [6.07, 6.45) is 4.39. The number of nitrogens with one attached hydrogen (secondary N) is 1. The summed E-state index contributed by atoms with van der Waals surface area (Å²) >= 11 is 0. The second-order valence-electron chi connectivity index (χ2n) is 5.44. The normalized spacial score (nSPS) is 16.1. The Morgan fingerprint density at radius 3 is 2.85 bits per heavy atom. The van der Waals surface area contributed by atoms with Gasteiger partial charge in [-0.2, -0.15) is 0 Å². The van der Waals surface area contributed by atoms with Gasteiger partial charge in [0.15, 0.2) is 5.65 Å². The summed E-state index contributed by atoms with van der Waals surface area (Å²) in [6, 6.07) is 1.91. The summed E-state index contributed by atoms with van der Waals surface area (Å²) in [5, 5.41) is 12.0. The molecule has 0 bridgehead atoms. The van der Waals surface area contributed by atoms with Crippen LogP contribution in [0.5, 0.6) is 0 Å². The van der Waals surface area contributed by atoms with Gasteiger partial charge in [-0.25, -0.2) is 9.50 Å². The number of nitrogens with zero attached hydrogens (tertiary/aromatic N) is 2. The van der Waals surface area contributed by atoms with Gasteiger partial charge in [-0.15, -0.1) is 0 Å². The highest BCUT2D eigenvalue weighted by atomic mass is 16.4. The highest BCUT2D eigenvalue weighted by molar-refractivity contribution is 5.70. The van der Waals surface area contributed by atoms with Crippen molar-refractivity contribution in [1.82, 2.24) is 14.6 Å². The summed E-state index contributed by atoms with van der Waals surface area (Å²) in [5.74, 6) is -0.561. The molecule has 1 aliphatic rings. The number of hydrogen-bond donors (Lipinski definition) is 2. The number of aromatic amines is 1. The van der Waals surface area contributed by atoms with Crippen molar-refractivity contribution >= 4 is 11.6 Å². The average molecular weight is 275 g/mol. The van der Waals surface area contributed by atoms with E-state index in [9.17, 15) is 9.59 Å². The topological polar surface area (TPSA) is 87.5 Å². The Hall–Kier alpha value is -2.11. The van der Waals surface area contributed by atoms with Crippen molar-refractivity contribution in [2.45, 2.75) is 44.9 Å². The Kier molecular flexibility index (Phi) is 3.08. The zero-order valence-corrected chi connectivity index (χ0v) is 11.3. The molecule has 20 heavy (non-hydrogen) atoms. The summed E-state index contributed by atoms with van der Waals surface area (Å²) in [4.78, 5) is 27.5. The fraction of sp³-hybridized carbons (Fsp3) is 0.500. The average Bonchev–Trinajstić information content (AvgIpc) is 3.01. The number of carboxylic acid groups (broad SMARTS) is 1. The third-order valence-corrected chi connectivity index (χ3v) is 4.06. The number of aromatic nitrogens is 3. The van der Waals surface area contributed by atoms with Gasteiger partial charge < -0.3 is 5.11 Å². The van der Waals surface area contributed by atoms with E-state index in [0.29, 0.717) is 17.3 Å². The minimum absolute atomic E-state index is 0.245. The number of carbonyl (C=O) groups is 1. The van der Waals surface area contributed by atoms with E-state index in [-0.39, 0.29) is 17.5 Å². The van der Waals surface area contributed by atoms with Gasteiger partial charge in [0.1, 0.15) is 0 Å². The zero-order valence-electron chi connectivity index (χ0n) is 11.3. The SMILES string of the molecule is Cc1nc2cc(C3CCCC3)[nH]n2c(=O)c1CC(=O)O. The van der Waals surface area contributed by atoms with Crippen LogP contribution in [0, 0.1) is 6.92 Å². The van der Waals surface area contributed by atoms with E-state index in [1.807, 2.05) is 6.07 Å². The molecule has 0 aliphatic heterocycles. The van der Waals surface area contributed by atoms with Gasteiger partial charge in [0.25, 0.3) is 5.56 Å². The number of fused-ring (bicyclic) bond motifs is 1. The standard InChI is InChI=1S/C14H17N3O3/c1-8-10(6-13(18)19)14(20)17-12(15-8)7-11(16-17)9-4-2-3-5-9/h7,9,16H,2-6H2,1H3,(H,18,19). The van der Waals surface area contributed by atoms with Crippen LogP contribution in [0.3, 0.4) is 0 Å². The third kappa shape index (κ3) is 2.11. The van der Waals surface area contributed by atoms with Crippen molar-refractivity contribution in [2.24, 2.45) is 0 Å². The number of aryl methyl sites for hydroxylation is 1. The van der Waals surface area contributed by atoms with E-state index in [0.717, 1.165) is 18.5 Å². The van der Waals surface area contributed by atoms with E-state index in [1.54, 1.807) is 6.92 Å². The van der Waals surface area contributed by atoms with E-state index in [4.69, 9.17) is 5.11 Å². The van der Waals surface area contributed by atoms with Gasteiger partial charge in [0, 0.05) is 23.4 Å². The Morgan fingerprint density at radius 1 is 1.50 bits per heavy atom. The lowest BCUT2D eigenvalue weighted by atomic mass is 10.1. The number of H-pyrrole nitrogens is 1. The summed E-state index contributed by atoms with van der Waals surface area (Å²) in [5.41, 5.74) is 2.03. The molecule has 0 aromatic carbocycles. The van der Waals surface area contributed by atoms with E-state index in [2.05, 4.69) is 10.1 Å². The Balaban J connectivity index is 2.11. The van der Waals surface area contributed by atoms with Gasteiger partial charge in [-0.3, -0.25) is 14.7 Å². The monoisotopic (exact) mass is 275 g/mol. The molecule has 1 aliphatic carbocycles. The Labute approximate surface area is 115 Å². The lowest BCUT2D eigenvalue weighted by Gasteiger charge is -2.04. The number of aliphatic carboxylic acids is 1.